The van der Waals surface area contributed by atoms with Crippen LogP contribution in [-0.4, -0.2) is 16.2 Å². The molecule has 2 aliphatic carbocycles. The third-order valence-electron chi connectivity index (χ3n) is 6.73. The highest BCUT2D eigenvalue weighted by Crippen LogP contribution is 2.66. The van der Waals surface area contributed by atoms with Crippen LogP contribution in [0.15, 0.2) is 6.07 Å². The molecule has 0 unspecified atom stereocenters. The Morgan fingerprint density at radius 3 is 2.62 bits per heavy atom. The second-order valence-corrected chi connectivity index (χ2v) is 8.77. The zero-order valence-electron chi connectivity index (χ0n) is 14.8. The van der Waals surface area contributed by atoms with E-state index in [4.69, 9.17) is 4.74 Å². The maximum absolute atomic E-state index is 12.9. The maximum atomic E-state index is 12.9. The quantitative estimate of drug-likeness (QED) is 0.595. The highest BCUT2D eigenvalue weighted by Gasteiger charge is 2.65. The van der Waals surface area contributed by atoms with E-state index in [0.29, 0.717) is 17.5 Å². The van der Waals surface area contributed by atoms with Gasteiger partial charge in [0.1, 0.15) is 23.0 Å². The van der Waals surface area contributed by atoms with Gasteiger partial charge in [0.15, 0.2) is 0 Å². The molecule has 2 heterocycles. The first-order valence-corrected chi connectivity index (χ1v) is 9.00. The van der Waals surface area contributed by atoms with Crippen molar-refractivity contribution in [2.75, 3.05) is 0 Å². The summed E-state index contributed by atoms with van der Waals surface area (Å²) in [6.45, 7) is 8.40. The van der Waals surface area contributed by atoms with E-state index in [1.54, 1.807) is 6.07 Å². The minimum Gasteiger partial charge on any atom is -0.508 e. The first-order chi connectivity index (χ1) is 11.2. The molecule has 2 fully saturated rings. The van der Waals surface area contributed by atoms with Gasteiger partial charge < -0.3 is 14.9 Å². The number of phenolic OH excluding ortho intramolecular Hbond substituents is 2. The van der Waals surface area contributed by atoms with Gasteiger partial charge in [-0.2, -0.15) is 0 Å². The van der Waals surface area contributed by atoms with E-state index in [1.165, 1.54) is 0 Å². The summed E-state index contributed by atoms with van der Waals surface area (Å²) in [5.74, 6) is 0.379. The minimum absolute atomic E-state index is 0.0202. The molecule has 2 N–H and O–H groups in total. The number of rotatable bonds is 1. The number of carbonyl (C=O) groups excluding carboxylic acids is 1. The summed E-state index contributed by atoms with van der Waals surface area (Å²) in [5, 5.41) is 21.7. The number of hydrogen-bond acceptors (Lipinski definition) is 4. The van der Waals surface area contributed by atoms with Gasteiger partial charge in [-0.15, -0.1) is 0 Å². The van der Waals surface area contributed by atoms with Gasteiger partial charge in [0.25, 0.3) is 0 Å². The number of benzene rings is 1. The lowest BCUT2D eigenvalue weighted by Crippen LogP contribution is -2.59. The van der Waals surface area contributed by atoms with Crippen LogP contribution in [0.1, 0.15) is 82.1 Å². The molecule has 4 aliphatic rings. The third-order valence-corrected chi connectivity index (χ3v) is 6.73. The molecule has 130 valence electrons. The van der Waals surface area contributed by atoms with Crippen molar-refractivity contribution in [3.63, 3.8) is 0 Å². The van der Waals surface area contributed by atoms with Gasteiger partial charge in [0, 0.05) is 16.7 Å². The Kier molecular flexibility index (Phi) is 3.08. The summed E-state index contributed by atoms with van der Waals surface area (Å²) in [4.78, 5) is 12.9. The minimum atomic E-state index is -0.803. The van der Waals surface area contributed by atoms with E-state index >= 15 is 0 Å². The SMILES string of the molecule is CC(C)c1cc(O)c2c(c1O)[C@H]1C[C@@H]3C(C)(C)CCC[C@]23C(=O)O1. The highest BCUT2D eigenvalue weighted by molar-refractivity contribution is 5.90. The van der Waals surface area contributed by atoms with Gasteiger partial charge in [0.2, 0.25) is 0 Å². The summed E-state index contributed by atoms with van der Waals surface area (Å²) in [5.41, 5.74) is 1.25. The number of ether oxygens (including phenoxy) is 1. The van der Waals surface area contributed by atoms with Crippen molar-refractivity contribution < 1.29 is 19.7 Å². The molecular formula is C20H26O4. The number of hydrogen-bond donors (Lipinski definition) is 2. The average molecular weight is 330 g/mol. The zero-order chi connectivity index (χ0) is 17.4. The number of carbonyl (C=O) groups is 1. The number of fused-ring (bicyclic) bond motifs is 1. The lowest BCUT2D eigenvalue weighted by atomic mass is 9.47. The Balaban J connectivity index is 2.03. The van der Waals surface area contributed by atoms with E-state index in [9.17, 15) is 15.0 Å². The third kappa shape index (κ3) is 1.72. The first kappa shape index (κ1) is 15.8. The molecule has 1 saturated heterocycles. The van der Waals surface area contributed by atoms with Crippen LogP contribution in [0.5, 0.6) is 11.5 Å². The van der Waals surface area contributed by atoms with Crippen molar-refractivity contribution in [3.05, 3.63) is 22.8 Å². The molecule has 2 aliphatic heterocycles. The summed E-state index contributed by atoms with van der Waals surface area (Å²) >= 11 is 0. The van der Waals surface area contributed by atoms with Gasteiger partial charge >= 0.3 is 5.97 Å². The van der Waals surface area contributed by atoms with Crippen molar-refractivity contribution in [2.24, 2.45) is 11.3 Å². The Bertz CT molecular complexity index is 734. The molecule has 24 heavy (non-hydrogen) atoms. The standard InChI is InChI=1S/C20H26O4/c1-10(2)11-8-12(21)16-15(17(11)22)13-9-14-19(3,4)6-5-7-20(14,16)18(23)24-13/h8,10,13-14,21-22H,5-7,9H2,1-4H3/t13-,14-,20-/m1/s1. The normalized spacial score (nSPS) is 33.1. The summed E-state index contributed by atoms with van der Waals surface area (Å²) in [6, 6.07) is 1.65. The van der Waals surface area contributed by atoms with Crippen LogP contribution in [0.3, 0.4) is 0 Å². The zero-order valence-corrected chi connectivity index (χ0v) is 14.8. The fraction of sp³-hybridized carbons (Fsp3) is 0.650. The fourth-order valence-corrected chi connectivity index (χ4v) is 5.60. The molecule has 0 amide bonds. The molecule has 1 spiro atoms. The molecule has 1 aromatic rings. The lowest BCUT2D eigenvalue weighted by Gasteiger charge is -2.58. The molecule has 4 nitrogen and oxygen atoms in total. The van der Waals surface area contributed by atoms with Gasteiger partial charge in [0.05, 0.1) is 0 Å². The second kappa shape index (κ2) is 4.68. The Morgan fingerprint density at radius 2 is 1.96 bits per heavy atom. The first-order valence-electron chi connectivity index (χ1n) is 9.00. The summed E-state index contributed by atoms with van der Waals surface area (Å²) in [7, 11) is 0. The van der Waals surface area contributed by atoms with Crippen molar-refractivity contribution in [2.45, 2.75) is 70.8 Å². The second-order valence-electron chi connectivity index (χ2n) is 8.77. The molecule has 4 heteroatoms. The number of phenols is 2. The van der Waals surface area contributed by atoms with Crippen LogP contribution in [0.25, 0.3) is 0 Å². The molecule has 0 radical (unpaired) electrons. The monoisotopic (exact) mass is 330 g/mol. The van der Waals surface area contributed by atoms with Gasteiger partial charge in [-0.25, -0.2) is 0 Å². The van der Waals surface area contributed by atoms with Crippen molar-refractivity contribution in [1.82, 2.24) is 0 Å². The Hall–Kier alpha value is -1.71. The topological polar surface area (TPSA) is 66.8 Å². The van der Waals surface area contributed by atoms with Crippen LogP contribution in [-0.2, 0) is 14.9 Å². The predicted octanol–water partition coefficient (Wildman–Crippen LogP) is 4.29. The summed E-state index contributed by atoms with van der Waals surface area (Å²) < 4.78 is 5.73. The van der Waals surface area contributed by atoms with E-state index < -0.39 is 11.5 Å². The van der Waals surface area contributed by atoms with E-state index in [2.05, 4.69) is 13.8 Å². The summed E-state index contributed by atoms with van der Waals surface area (Å²) in [6.07, 6.45) is 2.98. The number of esters is 1. The molecular weight excluding hydrogens is 304 g/mol. The number of aromatic hydroxyl groups is 2. The van der Waals surface area contributed by atoms with Crippen LogP contribution < -0.4 is 0 Å². The molecule has 5 rings (SSSR count). The van der Waals surface area contributed by atoms with Crippen LogP contribution in [0.2, 0.25) is 0 Å². The van der Waals surface area contributed by atoms with Crippen LogP contribution in [0.4, 0.5) is 0 Å². The molecule has 1 saturated carbocycles. The van der Waals surface area contributed by atoms with Crippen LogP contribution >= 0.6 is 0 Å². The molecule has 1 aromatic carbocycles. The van der Waals surface area contributed by atoms with Gasteiger partial charge in [-0.1, -0.05) is 34.1 Å². The van der Waals surface area contributed by atoms with Gasteiger partial charge in [-0.05, 0) is 42.6 Å². The van der Waals surface area contributed by atoms with E-state index in [1.807, 2.05) is 13.8 Å². The lowest BCUT2D eigenvalue weighted by molar-refractivity contribution is -0.185. The largest absolute Gasteiger partial charge is 0.508 e. The van der Waals surface area contributed by atoms with E-state index in [0.717, 1.165) is 24.8 Å². The highest BCUT2D eigenvalue weighted by atomic mass is 16.5. The molecule has 2 bridgehead atoms. The van der Waals surface area contributed by atoms with E-state index in [-0.39, 0.29) is 34.7 Å². The Morgan fingerprint density at radius 1 is 1.25 bits per heavy atom. The van der Waals surface area contributed by atoms with Crippen molar-refractivity contribution in [3.8, 4) is 11.5 Å². The molecule has 0 aromatic heterocycles. The average Bonchev–Trinajstić information content (AvgIpc) is 2.49. The van der Waals surface area contributed by atoms with Crippen molar-refractivity contribution >= 4 is 5.97 Å². The Labute approximate surface area is 142 Å². The molecule has 3 atom stereocenters. The van der Waals surface area contributed by atoms with Crippen LogP contribution in [0, 0.1) is 11.3 Å². The van der Waals surface area contributed by atoms with Gasteiger partial charge in [-0.3, -0.25) is 4.79 Å². The smallest absolute Gasteiger partial charge is 0.317 e. The van der Waals surface area contributed by atoms with Crippen molar-refractivity contribution in [1.29, 1.82) is 0 Å². The fourth-order valence-electron chi connectivity index (χ4n) is 5.60. The predicted molar refractivity (Wildman–Crippen MR) is 90.1 cm³/mol. The maximum Gasteiger partial charge on any atom is 0.317 e.